The van der Waals surface area contributed by atoms with Gasteiger partial charge in [-0.1, -0.05) is 52.3 Å². The van der Waals surface area contributed by atoms with Crippen LogP contribution in [0.3, 0.4) is 0 Å². The lowest BCUT2D eigenvalue weighted by Crippen LogP contribution is -2.31. The van der Waals surface area contributed by atoms with Crippen molar-refractivity contribution in [1.82, 2.24) is 5.32 Å². The third-order valence-electron chi connectivity index (χ3n) is 3.49. The molecular formula is C18H31ClN2. The van der Waals surface area contributed by atoms with Crippen molar-refractivity contribution in [2.24, 2.45) is 11.8 Å². The predicted molar refractivity (Wildman–Crippen MR) is 95.4 cm³/mol. The largest absolute Gasteiger partial charge is 0.370 e. The van der Waals surface area contributed by atoms with Gasteiger partial charge in [0, 0.05) is 19.1 Å². The fourth-order valence-electron chi connectivity index (χ4n) is 2.63. The Kier molecular flexibility index (Phi) is 7.55. The summed E-state index contributed by atoms with van der Waals surface area (Å²) in [6.45, 7) is 16.4. The second-order valence-electron chi connectivity index (χ2n) is 6.68. The summed E-state index contributed by atoms with van der Waals surface area (Å²) in [5, 5.41) is 4.29. The van der Waals surface area contributed by atoms with E-state index >= 15 is 0 Å². The Morgan fingerprint density at radius 1 is 1.05 bits per heavy atom. The standard InChI is InChI=1S/C18H31ClN2/c1-7-20-15(6)16-8-9-18(17(19)10-16)21(11-13(2)3)12-14(4)5/h8-10,13-15,20H,7,11-12H2,1-6H3. The molecule has 0 saturated heterocycles. The summed E-state index contributed by atoms with van der Waals surface area (Å²) in [5.74, 6) is 1.25. The molecule has 1 atom stereocenters. The van der Waals surface area contributed by atoms with Crippen LogP contribution in [0.4, 0.5) is 5.69 Å². The van der Waals surface area contributed by atoms with Gasteiger partial charge < -0.3 is 10.2 Å². The molecule has 21 heavy (non-hydrogen) atoms. The van der Waals surface area contributed by atoms with Gasteiger partial charge in [0.2, 0.25) is 0 Å². The van der Waals surface area contributed by atoms with Crippen LogP contribution >= 0.6 is 11.6 Å². The van der Waals surface area contributed by atoms with Gasteiger partial charge in [-0.2, -0.15) is 0 Å². The molecule has 3 heteroatoms. The van der Waals surface area contributed by atoms with Crippen LogP contribution in [-0.2, 0) is 0 Å². The van der Waals surface area contributed by atoms with Crippen molar-refractivity contribution in [3.05, 3.63) is 28.8 Å². The van der Waals surface area contributed by atoms with Crippen molar-refractivity contribution < 1.29 is 0 Å². The minimum atomic E-state index is 0.338. The van der Waals surface area contributed by atoms with E-state index in [-0.39, 0.29) is 0 Å². The highest BCUT2D eigenvalue weighted by molar-refractivity contribution is 6.33. The maximum Gasteiger partial charge on any atom is 0.0642 e. The van der Waals surface area contributed by atoms with Gasteiger partial charge in [-0.05, 0) is 43.0 Å². The van der Waals surface area contributed by atoms with Crippen LogP contribution in [0.25, 0.3) is 0 Å². The molecule has 0 saturated carbocycles. The Bertz CT molecular complexity index is 419. The van der Waals surface area contributed by atoms with Crippen LogP contribution in [-0.4, -0.2) is 19.6 Å². The third-order valence-corrected chi connectivity index (χ3v) is 3.80. The van der Waals surface area contributed by atoms with E-state index in [1.807, 2.05) is 0 Å². The van der Waals surface area contributed by atoms with E-state index in [0.29, 0.717) is 17.9 Å². The fraction of sp³-hybridized carbons (Fsp3) is 0.667. The lowest BCUT2D eigenvalue weighted by atomic mass is 10.1. The first-order valence-electron chi connectivity index (χ1n) is 8.12. The number of hydrogen-bond acceptors (Lipinski definition) is 2. The van der Waals surface area contributed by atoms with Gasteiger partial charge in [0.15, 0.2) is 0 Å². The van der Waals surface area contributed by atoms with Crippen molar-refractivity contribution >= 4 is 17.3 Å². The molecule has 1 aromatic rings. The maximum absolute atomic E-state index is 6.57. The van der Waals surface area contributed by atoms with Crippen molar-refractivity contribution in [3.63, 3.8) is 0 Å². The van der Waals surface area contributed by atoms with Crippen molar-refractivity contribution in [2.75, 3.05) is 24.5 Å². The Morgan fingerprint density at radius 3 is 2.05 bits per heavy atom. The zero-order valence-corrected chi connectivity index (χ0v) is 15.2. The van der Waals surface area contributed by atoms with E-state index in [4.69, 9.17) is 11.6 Å². The van der Waals surface area contributed by atoms with E-state index in [0.717, 1.165) is 30.3 Å². The topological polar surface area (TPSA) is 15.3 Å². The molecule has 0 aromatic heterocycles. The number of nitrogens with one attached hydrogen (secondary N) is 1. The Labute approximate surface area is 135 Å². The Balaban J connectivity index is 2.98. The van der Waals surface area contributed by atoms with Crippen LogP contribution in [0.5, 0.6) is 0 Å². The Morgan fingerprint density at radius 2 is 1.62 bits per heavy atom. The van der Waals surface area contributed by atoms with E-state index in [9.17, 15) is 0 Å². The number of hydrogen-bond donors (Lipinski definition) is 1. The number of anilines is 1. The molecule has 0 radical (unpaired) electrons. The van der Waals surface area contributed by atoms with Crippen LogP contribution < -0.4 is 10.2 Å². The second kappa shape index (κ2) is 8.65. The fourth-order valence-corrected chi connectivity index (χ4v) is 2.93. The molecule has 0 heterocycles. The molecule has 0 bridgehead atoms. The molecule has 1 aromatic carbocycles. The summed E-state index contributed by atoms with van der Waals surface area (Å²) >= 11 is 6.57. The van der Waals surface area contributed by atoms with Gasteiger partial charge in [0.1, 0.15) is 0 Å². The first-order valence-corrected chi connectivity index (χ1v) is 8.50. The smallest absolute Gasteiger partial charge is 0.0642 e. The molecule has 0 spiro atoms. The maximum atomic E-state index is 6.57. The summed E-state index contributed by atoms with van der Waals surface area (Å²) in [4.78, 5) is 2.42. The summed E-state index contributed by atoms with van der Waals surface area (Å²) in [7, 11) is 0. The minimum absolute atomic E-state index is 0.338. The summed E-state index contributed by atoms with van der Waals surface area (Å²) in [6.07, 6.45) is 0. The molecule has 1 N–H and O–H groups in total. The van der Waals surface area contributed by atoms with Crippen LogP contribution in [0.2, 0.25) is 5.02 Å². The molecular weight excluding hydrogens is 280 g/mol. The van der Waals surface area contributed by atoms with Gasteiger partial charge >= 0.3 is 0 Å². The molecule has 1 unspecified atom stereocenters. The zero-order chi connectivity index (χ0) is 16.0. The molecule has 0 fully saturated rings. The first kappa shape index (κ1) is 18.3. The quantitative estimate of drug-likeness (QED) is 0.716. The molecule has 0 amide bonds. The van der Waals surface area contributed by atoms with E-state index in [2.05, 4.69) is 70.0 Å². The zero-order valence-electron chi connectivity index (χ0n) is 14.4. The van der Waals surface area contributed by atoms with Crippen LogP contribution in [0, 0.1) is 11.8 Å². The van der Waals surface area contributed by atoms with E-state index in [1.165, 1.54) is 5.56 Å². The lowest BCUT2D eigenvalue weighted by molar-refractivity contribution is 0.552. The summed E-state index contributed by atoms with van der Waals surface area (Å²) < 4.78 is 0. The highest BCUT2D eigenvalue weighted by Crippen LogP contribution is 2.30. The van der Waals surface area contributed by atoms with Gasteiger partial charge in [-0.3, -0.25) is 0 Å². The predicted octanol–water partition coefficient (Wildman–Crippen LogP) is 5.13. The second-order valence-corrected chi connectivity index (χ2v) is 7.09. The molecule has 0 aliphatic carbocycles. The summed E-state index contributed by atoms with van der Waals surface area (Å²) in [5.41, 5.74) is 2.41. The third kappa shape index (κ3) is 5.88. The van der Waals surface area contributed by atoms with Crippen molar-refractivity contribution in [1.29, 1.82) is 0 Å². The number of nitrogens with zero attached hydrogens (tertiary/aromatic N) is 1. The molecule has 0 aliphatic heterocycles. The van der Waals surface area contributed by atoms with E-state index in [1.54, 1.807) is 0 Å². The number of halogens is 1. The highest BCUT2D eigenvalue weighted by Gasteiger charge is 2.15. The SMILES string of the molecule is CCNC(C)c1ccc(N(CC(C)C)CC(C)C)c(Cl)c1. The van der Waals surface area contributed by atoms with E-state index < -0.39 is 0 Å². The molecule has 2 nitrogen and oxygen atoms in total. The molecule has 120 valence electrons. The van der Waals surface area contributed by atoms with Gasteiger partial charge in [0.25, 0.3) is 0 Å². The van der Waals surface area contributed by atoms with Crippen molar-refractivity contribution in [2.45, 2.75) is 47.6 Å². The van der Waals surface area contributed by atoms with Gasteiger partial charge in [0.05, 0.1) is 10.7 Å². The average Bonchev–Trinajstić information content (AvgIpc) is 2.36. The van der Waals surface area contributed by atoms with Gasteiger partial charge in [-0.25, -0.2) is 0 Å². The average molecular weight is 311 g/mol. The normalized spacial score (nSPS) is 13.0. The number of benzene rings is 1. The monoisotopic (exact) mass is 310 g/mol. The molecule has 0 aliphatic rings. The number of rotatable bonds is 8. The molecule has 1 rings (SSSR count). The Hall–Kier alpha value is -0.730. The summed E-state index contributed by atoms with van der Waals surface area (Å²) in [6, 6.07) is 6.82. The van der Waals surface area contributed by atoms with Crippen LogP contribution in [0.15, 0.2) is 18.2 Å². The first-order chi connectivity index (χ1) is 9.85. The van der Waals surface area contributed by atoms with Gasteiger partial charge in [-0.15, -0.1) is 0 Å². The minimum Gasteiger partial charge on any atom is -0.370 e. The van der Waals surface area contributed by atoms with Crippen LogP contribution in [0.1, 0.15) is 53.1 Å². The van der Waals surface area contributed by atoms with Crippen molar-refractivity contribution in [3.8, 4) is 0 Å². The lowest BCUT2D eigenvalue weighted by Gasteiger charge is -2.30. The highest BCUT2D eigenvalue weighted by atomic mass is 35.5.